The van der Waals surface area contributed by atoms with Gasteiger partial charge in [-0.3, -0.25) is 4.79 Å². The van der Waals surface area contributed by atoms with Gasteiger partial charge in [-0.2, -0.15) is 4.31 Å². The zero-order valence-corrected chi connectivity index (χ0v) is 19.7. The first-order valence-electron chi connectivity index (χ1n) is 11.0. The van der Waals surface area contributed by atoms with Crippen LogP contribution in [0.15, 0.2) is 23.1 Å². The normalized spacial score (nSPS) is 25.1. The van der Waals surface area contributed by atoms with Gasteiger partial charge < -0.3 is 10.1 Å². The molecule has 1 aliphatic carbocycles. The standard InChI is InChI=1S/C22H31ClN2O5S/c1-15-7-6-8-19(16(15)2)24-21(26)14-30-22(27)17-9-10-18(23)20(13-17)31(28,29)25-11-4-3-5-12-25/h9-10,13,15-16,19H,3-8,11-12,14H2,1-2H3,(H,24,26)/t15-,16+,19+/m1/s1. The third-order valence-corrected chi connectivity index (χ3v) is 8.87. The van der Waals surface area contributed by atoms with Crippen molar-refractivity contribution in [3.05, 3.63) is 28.8 Å². The van der Waals surface area contributed by atoms with E-state index >= 15 is 0 Å². The summed E-state index contributed by atoms with van der Waals surface area (Å²) in [4.78, 5) is 24.6. The van der Waals surface area contributed by atoms with Crippen LogP contribution in [0, 0.1) is 11.8 Å². The molecule has 0 spiro atoms. The predicted octanol–water partition coefficient (Wildman–Crippen LogP) is 3.61. The van der Waals surface area contributed by atoms with Gasteiger partial charge in [-0.05, 0) is 49.3 Å². The zero-order chi connectivity index (χ0) is 22.6. The smallest absolute Gasteiger partial charge is 0.338 e. The summed E-state index contributed by atoms with van der Waals surface area (Å²) in [6.07, 6.45) is 5.72. The van der Waals surface area contributed by atoms with Crippen molar-refractivity contribution in [2.45, 2.75) is 63.3 Å². The van der Waals surface area contributed by atoms with Crippen molar-refractivity contribution in [3.63, 3.8) is 0 Å². The number of hydrogen-bond acceptors (Lipinski definition) is 5. The van der Waals surface area contributed by atoms with E-state index in [0.717, 1.165) is 38.5 Å². The number of ether oxygens (including phenoxy) is 1. The number of benzene rings is 1. The molecule has 172 valence electrons. The number of nitrogens with zero attached hydrogens (tertiary/aromatic N) is 1. The van der Waals surface area contributed by atoms with Gasteiger partial charge in [-0.1, -0.05) is 44.7 Å². The summed E-state index contributed by atoms with van der Waals surface area (Å²) in [5.74, 6) is -0.204. The molecule has 2 aliphatic rings. The number of amides is 1. The van der Waals surface area contributed by atoms with Crippen LogP contribution in [0.5, 0.6) is 0 Å². The minimum absolute atomic E-state index is 0.0486. The first kappa shape index (κ1) is 24.0. The third kappa shape index (κ3) is 5.79. The monoisotopic (exact) mass is 470 g/mol. The van der Waals surface area contributed by atoms with E-state index in [4.69, 9.17) is 16.3 Å². The maximum absolute atomic E-state index is 13.0. The van der Waals surface area contributed by atoms with Crippen LogP contribution in [0.25, 0.3) is 0 Å². The fourth-order valence-corrected chi connectivity index (χ4v) is 6.34. The average molecular weight is 471 g/mol. The van der Waals surface area contributed by atoms with Crippen LogP contribution in [0.2, 0.25) is 5.02 Å². The molecule has 1 amide bonds. The fourth-order valence-electron chi connectivity index (χ4n) is 4.32. The lowest BCUT2D eigenvalue weighted by Gasteiger charge is -2.34. The molecule has 1 aromatic rings. The van der Waals surface area contributed by atoms with Gasteiger partial charge in [0.2, 0.25) is 10.0 Å². The van der Waals surface area contributed by atoms with E-state index in [1.54, 1.807) is 0 Å². The van der Waals surface area contributed by atoms with Crippen molar-refractivity contribution >= 4 is 33.5 Å². The molecule has 0 bridgehead atoms. The summed E-state index contributed by atoms with van der Waals surface area (Å²) in [6.45, 7) is 4.77. The summed E-state index contributed by atoms with van der Waals surface area (Å²) in [5, 5.41) is 3.01. The van der Waals surface area contributed by atoms with Gasteiger partial charge in [0.25, 0.3) is 5.91 Å². The summed E-state index contributed by atoms with van der Waals surface area (Å²) >= 11 is 6.14. The molecule has 0 aromatic heterocycles. The van der Waals surface area contributed by atoms with Gasteiger partial charge in [-0.25, -0.2) is 13.2 Å². The Balaban J connectivity index is 1.63. The second-order valence-corrected chi connectivity index (χ2v) is 10.9. The highest BCUT2D eigenvalue weighted by Gasteiger charge is 2.30. The molecule has 2 fully saturated rings. The van der Waals surface area contributed by atoms with Gasteiger partial charge in [0.1, 0.15) is 4.90 Å². The second kappa shape index (κ2) is 10.3. The molecule has 1 aliphatic heterocycles. The van der Waals surface area contributed by atoms with Crippen molar-refractivity contribution in [2.24, 2.45) is 11.8 Å². The highest BCUT2D eigenvalue weighted by atomic mass is 35.5. The predicted molar refractivity (Wildman–Crippen MR) is 118 cm³/mol. The van der Waals surface area contributed by atoms with Crippen molar-refractivity contribution in [3.8, 4) is 0 Å². The van der Waals surface area contributed by atoms with Gasteiger partial charge in [0.15, 0.2) is 6.61 Å². The SMILES string of the molecule is C[C@H]1[C@H](C)CCC[C@@H]1NC(=O)COC(=O)c1ccc(Cl)c(S(=O)(=O)N2CCCCC2)c1. The first-order valence-corrected chi connectivity index (χ1v) is 12.8. The Labute approximate surface area is 189 Å². The molecule has 9 heteroatoms. The molecular formula is C22H31ClN2O5S. The molecule has 1 saturated heterocycles. The minimum atomic E-state index is -3.80. The van der Waals surface area contributed by atoms with Crippen molar-refractivity contribution in [1.29, 1.82) is 0 Å². The molecular weight excluding hydrogens is 440 g/mol. The first-order chi connectivity index (χ1) is 14.7. The van der Waals surface area contributed by atoms with Crippen molar-refractivity contribution < 1.29 is 22.7 Å². The van der Waals surface area contributed by atoms with Crippen LogP contribution in [0.3, 0.4) is 0 Å². The van der Waals surface area contributed by atoms with Gasteiger partial charge >= 0.3 is 5.97 Å². The van der Waals surface area contributed by atoms with Crippen molar-refractivity contribution in [1.82, 2.24) is 9.62 Å². The number of rotatable bonds is 6. The number of piperidine rings is 1. The number of halogens is 1. The molecule has 7 nitrogen and oxygen atoms in total. The fraction of sp³-hybridized carbons (Fsp3) is 0.636. The number of nitrogens with one attached hydrogen (secondary N) is 1. The Morgan fingerprint density at radius 3 is 2.55 bits per heavy atom. The van der Waals surface area contributed by atoms with E-state index in [-0.39, 0.29) is 27.4 Å². The zero-order valence-electron chi connectivity index (χ0n) is 18.1. The Morgan fingerprint density at radius 2 is 1.84 bits per heavy atom. The van der Waals surface area contributed by atoms with Crippen LogP contribution in [0.1, 0.15) is 62.7 Å². The highest BCUT2D eigenvalue weighted by Crippen LogP contribution is 2.30. The molecule has 3 rings (SSSR count). The van der Waals surface area contributed by atoms with E-state index in [9.17, 15) is 18.0 Å². The average Bonchev–Trinajstić information content (AvgIpc) is 2.76. The van der Waals surface area contributed by atoms with E-state index in [2.05, 4.69) is 19.2 Å². The maximum Gasteiger partial charge on any atom is 0.338 e. The van der Waals surface area contributed by atoms with Gasteiger partial charge in [-0.15, -0.1) is 0 Å². The van der Waals surface area contributed by atoms with Gasteiger partial charge in [0, 0.05) is 19.1 Å². The van der Waals surface area contributed by atoms with Crippen LogP contribution in [-0.4, -0.2) is 50.3 Å². The molecule has 1 N–H and O–H groups in total. The number of sulfonamides is 1. The third-order valence-electron chi connectivity index (χ3n) is 6.49. The lowest BCUT2D eigenvalue weighted by atomic mass is 9.78. The molecule has 0 radical (unpaired) electrons. The van der Waals surface area contributed by atoms with Crippen LogP contribution in [0.4, 0.5) is 0 Å². The summed E-state index contributed by atoms with van der Waals surface area (Å²) < 4.78 is 32.4. The number of esters is 1. The molecule has 1 saturated carbocycles. The molecule has 1 aromatic carbocycles. The topological polar surface area (TPSA) is 92.8 Å². The minimum Gasteiger partial charge on any atom is -0.452 e. The van der Waals surface area contributed by atoms with E-state index in [0.29, 0.717) is 24.9 Å². The van der Waals surface area contributed by atoms with Crippen LogP contribution < -0.4 is 5.32 Å². The quantitative estimate of drug-likeness (QED) is 0.641. The molecule has 31 heavy (non-hydrogen) atoms. The number of carbonyl (C=O) groups excluding carboxylic acids is 2. The van der Waals surface area contributed by atoms with Gasteiger partial charge in [0.05, 0.1) is 10.6 Å². The highest BCUT2D eigenvalue weighted by molar-refractivity contribution is 7.89. The summed E-state index contributed by atoms with van der Waals surface area (Å²) in [5.41, 5.74) is 0.0486. The molecule has 0 unspecified atom stereocenters. The Morgan fingerprint density at radius 1 is 1.13 bits per heavy atom. The Kier molecular flexibility index (Phi) is 7.99. The summed E-state index contributed by atoms with van der Waals surface area (Å²) in [7, 11) is -3.80. The molecule has 1 heterocycles. The lowest BCUT2D eigenvalue weighted by molar-refractivity contribution is -0.125. The van der Waals surface area contributed by atoms with Crippen LogP contribution in [-0.2, 0) is 19.6 Å². The lowest BCUT2D eigenvalue weighted by Crippen LogP contribution is -2.45. The largest absolute Gasteiger partial charge is 0.452 e. The van der Waals surface area contributed by atoms with Crippen LogP contribution >= 0.6 is 11.6 Å². The molecule has 3 atom stereocenters. The summed E-state index contributed by atoms with van der Waals surface area (Å²) in [6, 6.07) is 4.09. The number of carbonyl (C=O) groups is 2. The maximum atomic E-state index is 13.0. The number of hydrogen-bond donors (Lipinski definition) is 1. The van der Waals surface area contributed by atoms with Crippen molar-refractivity contribution in [2.75, 3.05) is 19.7 Å². The van der Waals surface area contributed by atoms with E-state index in [1.165, 1.54) is 22.5 Å². The van der Waals surface area contributed by atoms with E-state index in [1.807, 2.05) is 0 Å². The second-order valence-electron chi connectivity index (χ2n) is 8.63. The Bertz CT molecular complexity index is 914. The Hall–Kier alpha value is -1.64. The van der Waals surface area contributed by atoms with E-state index < -0.39 is 22.6 Å².